The molecular formula is C4H7Br2NO2. The molecule has 0 aromatic heterocycles. The smallest absolute Gasteiger partial charge is 0.263 e. The Hall–Kier alpha value is 0.360. The summed E-state index contributed by atoms with van der Waals surface area (Å²) in [5.74, 6) is 0. The number of nitrogens with zero attached hydrogens (tertiary/aromatic N) is 1. The van der Waals surface area contributed by atoms with Gasteiger partial charge in [-0.25, -0.2) is 0 Å². The highest BCUT2D eigenvalue weighted by atomic mass is 79.9. The van der Waals surface area contributed by atoms with Crippen LogP contribution in [-0.4, -0.2) is 14.7 Å². The fourth-order valence-corrected chi connectivity index (χ4v) is 0.874. The van der Waals surface area contributed by atoms with E-state index >= 15 is 0 Å². The molecule has 0 rings (SSSR count). The van der Waals surface area contributed by atoms with Gasteiger partial charge in [-0.2, -0.15) is 0 Å². The van der Waals surface area contributed by atoms with Crippen LogP contribution in [0.3, 0.4) is 0 Å². The molecule has 0 aromatic rings. The fraction of sp³-hybridized carbons (Fsp3) is 1.00. The number of alkyl halides is 2. The van der Waals surface area contributed by atoms with Gasteiger partial charge in [0.2, 0.25) is 0 Å². The molecule has 0 radical (unpaired) electrons. The van der Waals surface area contributed by atoms with Gasteiger partial charge in [-0.1, -0.05) is 22.9 Å². The van der Waals surface area contributed by atoms with Crippen LogP contribution in [0.1, 0.15) is 13.3 Å². The minimum atomic E-state index is -0.965. The maximum atomic E-state index is 10.2. The number of hydrogen-bond acceptors (Lipinski definition) is 2. The van der Waals surface area contributed by atoms with E-state index in [2.05, 4.69) is 31.9 Å². The van der Waals surface area contributed by atoms with Crippen molar-refractivity contribution in [3.8, 4) is 0 Å². The Balaban J connectivity index is 4.09. The van der Waals surface area contributed by atoms with Gasteiger partial charge in [-0.3, -0.25) is 10.1 Å². The summed E-state index contributed by atoms with van der Waals surface area (Å²) in [6.45, 7) is 1.76. The van der Waals surface area contributed by atoms with E-state index in [1.165, 1.54) is 0 Å². The van der Waals surface area contributed by atoms with Crippen molar-refractivity contribution >= 4 is 31.9 Å². The summed E-state index contributed by atoms with van der Waals surface area (Å²) in [6.07, 6.45) is 0.477. The number of nitro groups is 1. The normalized spacial score (nSPS) is 16.8. The molecule has 0 N–H and O–H groups in total. The van der Waals surface area contributed by atoms with Crippen molar-refractivity contribution in [2.75, 3.05) is 5.33 Å². The lowest BCUT2D eigenvalue weighted by Gasteiger charge is -2.12. The predicted molar refractivity (Wildman–Crippen MR) is 42.7 cm³/mol. The zero-order valence-electron chi connectivity index (χ0n) is 4.93. The van der Waals surface area contributed by atoms with Crippen molar-refractivity contribution in [3.63, 3.8) is 0 Å². The lowest BCUT2D eigenvalue weighted by atomic mass is 10.3. The molecule has 1 unspecified atom stereocenters. The first kappa shape index (κ1) is 9.36. The second-order valence-electron chi connectivity index (χ2n) is 1.66. The molecule has 0 aromatic carbocycles. The highest BCUT2D eigenvalue weighted by Crippen LogP contribution is 2.24. The monoisotopic (exact) mass is 259 g/mol. The van der Waals surface area contributed by atoms with Crippen LogP contribution in [0.4, 0.5) is 0 Å². The minimum Gasteiger partial charge on any atom is -0.263 e. The van der Waals surface area contributed by atoms with Gasteiger partial charge in [0.1, 0.15) is 0 Å². The topological polar surface area (TPSA) is 43.1 Å². The predicted octanol–water partition coefficient (Wildman–Crippen LogP) is 2.16. The molecule has 0 aliphatic carbocycles. The van der Waals surface area contributed by atoms with Crippen LogP contribution in [0.15, 0.2) is 0 Å². The van der Waals surface area contributed by atoms with E-state index < -0.39 is 4.45 Å². The lowest BCUT2D eigenvalue weighted by molar-refractivity contribution is -0.529. The molecule has 0 saturated heterocycles. The zero-order valence-corrected chi connectivity index (χ0v) is 8.11. The van der Waals surface area contributed by atoms with Crippen LogP contribution in [0.2, 0.25) is 0 Å². The zero-order chi connectivity index (χ0) is 7.49. The minimum absolute atomic E-state index is 0.332. The Morgan fingerprint density at radius 2 is 2.22 bits per heavy atom. The second-order valence-corrected chi connectivity index (χ2v) is 3.70. The molecule has 0 amide bonds. The van der Waals surface area contributed by atoms with Crippen molar-refractivity contribution in [2.45, 2.75) is 17.8 Å². The second kappa shape index (κ2) is 3.51. The maximum Gasteiger partial charge on any atom is 0.283 e. The Bertz CT molecular complexity index is 113. The average molecular weight is 261 g/mol. The molecule has 0 heterocycles. The van der Waals surface area contributed by atoms with E-state index in [0.29, 0.717) is 11.8 Å². The first-order valence-electron chi connectivity index (χ1n) is 2.46. The summed E-state index contributed by atoms with van der Waals surface area (Å²) in [5, 5.41) is 10.5. The van der Waals surface area contributed by atoms with Crippen LogP contribution in [0, 0.1) is 10.1 Å². The van der Waals surface area contributed by atoms with Gasteiger partial charge >= 0.3 is 0 Å². The Kier molecular flexibility index (Phi) is 3.65. The van der Waals surface area contributed by atoms with E-state index in [4.69, 9.17) is 0 Å². The van der Waals surface area contributed by atoms with Crippen molar-refractivity contribution in [1.82, 2.24) is 0 Å². The van der Waals surface area contributed by atoms with Crippen molar-refractivity contribution in [3.05, 3.63) is 10.1 Å². The first-order valence-corrected chi connectivity index (χ1v) is 4.37. The molecule has 3 nitrogen and oxygen atoms in total. The standard InChI is InChI=1S/C4H7Br2NO2/c1-2-4(6,3-5)7(8)9/h2-3H2,1H3. The fourth-order valence-electron chi connectivity index (χ4n) is 0.272. The molecule has 0 fully saturated rings. The molecule has 54 valence electrons. The SMILES string of the molecule is CCC(Br)(CBr)[N+](=O)[O-]. The third kappa shape index (κ3) is 2.21. The van der Waals surface area contributed by atoms with Crippen molar-refractivity contribution in [2.24, 2.45) is 0 Å². The molecule has 0 saturated carbocycles. The van der Waals surface area contributed by atoms with Crippen molar-refractivity contribution in [1.29, 1.82) is 0 Å². The quantitative estimate of drug-likeness (QED) is 0.338. The van der Waals surface area contributed by atoms with Crippen molar-refractivity contribution < 1.29 is 4.92 Å². The van der Waals surface area contributed by atoms with E-state index in [-0.39, 0.29) is 4.92 Å². The van der Waals surface area contributed by atoms with Gasteiger partial charge in [0.15, 0.2) is 0 Å². The molecule has 0 bridgehead atoms. The maximum absolute atomic E-state index is 10.2. The lowest BCUT2D eigenvalue weighted by Crippen LogP contribution is -2.31. The molecule has 0 spiro atoms. The summed E-state index contributed by atoms with van der Waals surface area (Å²) in [6, 6.07) is 0. The summed E-state index contributed by atoms with van der Waals surface area (Å²) < 4.78 is -0.965. The Labute approximate surface area is 70.2 Å². The highest BCUT2D eigenvalue weighted by molar-refractivity contribution is 9.12. The molecule has 9 heavy (non-hydrogen) atoms. The largest absolute Gasteiger partial charge is 0.283 e. The third-order valence-corrected chi connectivity index (χ3v) is 3.88. The van der Waals surface area contributed by atoms with Gasteiger partial charge in [0.05, 0.1) is 5.33 Å². The summed E-state index contributed by atoms with van der Waals surface area (Å²) in [4.78, 5) is 9.88. The van der Waals surface area contributed by atoms with E-state index in [1.54, 1.807) is 6.92 Å². The Morgan fingerprint density at radius 1 is 1.78 bits per heavy atom. The van der Waals surface area contributed by atoms with E-state index in [1.807, 2.05) is 0 Å². The van der Waals surface area contributed by atoms with Crippen LogP contribution in [-0.2, 0) is 0 Å². The van der Waals surface area contributed by atoms with Crippen LogP contribution in [0.5, 0.6) is 0 Å². The van der Waals surface area contributed by atoms with E-state index in [0.717, 1.165) is 0 Å². The van der Waals surface area contributed by atoms with Crippen LogP contribution in [0.25, 0.3) is 0 Å². The third-order valence-electron chi connectivity index (χ3n) is 1.07. The van der Waals surface area contributed by atoms with Crippen LogP contribution >= 0.6 is 31.9 Å². The van der Waals surface area contributed by atoms with Crippen LogP contribution < -0.4 is 0 Å². The van der Waals surface area contributed by atoms with Gasteiger partial charge in [0.25, 0.3) is 4.45 Å². The molecular weight excluding hydrogens is 254 g/mol. The number of hydrogen-bond donors (Lipinski definition) is 0. The molecule has 1 atom stereocenters. The summed E-state index contributed by atoms with van der Waals surface area (Å²) in [5.41, 5.74) is 0. The first-order chi connectivity index (χ1) is 4.06. The molecule has 0 aliphatic heterocycles. The van der Waals surface area contributed by atoms with Gasteiger partial charge < -0.3 is 0 Å². The molecule has 5 heteroatoms. The van der Waals surface area contributed by atoms with Gasteiger partial charge in [0, 0.05) is 27.3 Å². The number of halogens is 2. The van der Waals surface area contributed by atoms with Gasteiger partial charge in [-0.05, 0) is 0 Å². The summed E-state index contributed by atoms with van der Waals surface area (Å²) >= 11 is 6.05. The number of rotatable bonds is 3. The Morgan fingerprint density at radius 3 is 2.22 bits per heavy atom. The highest BCUT2D eigenvalue weighted by Gasteiger charge is 2.35. The average Bonchev–Trinajstić information content (AvgIpc) is 1.86. The molecule has 0 aliphatic rings. The summed E-state index contributed by atoms with van der Waals surface area (Å²) in [7, 11) is 0. The van der Waals surface area contributed by atoms with E-state index in [9.17, 15) is 10.1 Å². The van der Waals surface area contributed by atoms with Gasteiger partial charge in [-0.15, -0.1) is 0 Å².